The first-order valence-electron chi connectivity index (χ1n) is 9.91. The summed E-state index contributed by atoms with van der Waals surface area (Å²) in [5, 5.41) is 0.658. The highest BCUT2D eigenvalue weighted by atomic mass is 19.1. The number of ether oxygens (including phenoxy) is 1. The van der Waals surface area contributed by atoms with E-state index in [0.717, 1.165) is 12.0 Å². The molecular weight excluding hydrogens is 371 g/mol. The Morgan fingerprint density at radius 1 is 1.17 bits per heavy atom. The summed E-state index contributed by atoms with van der Waals surface area (Å²) in [5.74, 6) is -0.516. The molecule has 1 aromatic heterocycles. The van der Waals surface area contributed by atoms with Crippen LogP contribution in [-0.4, -0.2) is 34.3 Å². The first-order chi connectivity index (χ1) is 14.1. The molecule has 1 unspecified atom stereocenters. The van der Waals surface area contributed by atoms with Crippen LogP contribution in [0.15, 0.2) is 54.7 Å². The minimum Gasteiger partial charge on any atom is -0.445 e. The van der Waals surface area contributed by atoms with Crippen molar-refractivity contribution in [2.24, 2.45) is 0 Å². The lowest BCUT2D eigenvalue weighted by Gasteiger charge is -2.23. The van der Waals surface area contributed by atoms with E-state index in [1.807, 2.05) is 44.2 Å². The zero-order valence-electron chi connectivity index (χ0n) is 16.7. The van der Waals surface area contributed by atoms with Gasteiger partial charge in [-0.3, -0.25) is 9.69 Å². The molecule has 1 amide bonds. The number of ketones is 1. The second-order valence-electron chi connectivity index (χ2n) is 6.65. The Kier molecular flexibility index (Phi) is 6.65. The van der Waals surface area contributed by atoms with Gasteiger partial charge in [-0.25, -0.2) is 9.18 Å². The number of rotatable bonds is 4. The Hall–Kier alpha value is -3.15. The maximum Gasteiger partial charge on any atom is 0.410 e. The van der Waals surface area contributed by atoms with Gasteiger partial charge in [-0.1, -0.05) is 44.2 Å². The van der Waals surface area contributed by atoms with E-state index < -0.39 is 12.1 Å². The lowest BCUT2D eigenvalue weighted by atomic mass is 10.0. The number of carbonyl (C=O) groups excluding carboxylic acids is 2. The summed E-state index contributed by atoms with van der Waals surface area (Å²) in [6, 6.07) is 13.1. The summed E-state index contributed by atoms with van der Waals surface area (Å²) in [7, 11) is 0. The highest BCUT2D eigenvalue weighted by molar-refractivity contribution is 6.11. The molecule has 1 aliphatic rings. The fourth-order valence-electron chi connectivity index (χ4n) is 3.54. The number of nitrogens with zero attached hydrogens (tertiary/aromatic N) is 1. The van der Waals surface area contributed by atoms with Crippen LogP contribution in [0.1, 0.15) is 42.6 Å². The molecule has 2 aromatic carbocycles. The van der Waals surface area contributed by atoms with E-state index in [2.05, 4.69) is 4.98 Å². The molecule has 0 aliphatic carbocycles. The van der Waals surface area contributed by atoms with Crippen molar-refractivity contribution < 1.29 is 18.7 Å². The van der Waals surface area contributed by atoms with Gasteiger partial charge in [-0.15, -0.1) is 0 Å². The Labute approximate surface area is 169 Å². The van der Waals surface area contributed by atoms with Crippen LogP contribution < -0.4 is 0 Å². The zero-order valence-corrected chi connectivity index (χ0v) is 16.7. The van der Waals surface area contributed by atoms with E-state index in [9.17, 15) is 14.0 Å². The average Bonchev–Trinajstić information content (AvgIpc) is 3.41. The van der Waals surface area contributed by atoms with Crippen LogP contribution >= 0.6 is 0 Å². The van der Waals surface area contributed by atoms with E-state index in [1.165, 1.54) is 17.0 Å². The first kappa shape index (κ1) is 20.6. The Morgan fingerprint density at radius 2 is 1.93 bits per heavy atom. The van der Waals surface area contributed by atoms with Crippen LogP contribution in [0.3, 0.4) is 0 Å². The van der Waals surface area contributed by atoms with Gasteiger partial charge in [0.25, 0.3) is 0 Å². The average molecular weight is 396 g/mol. The lowest BCUT2D eigenvalue weighted by Crippen LogP contribution is -2.40. The Bertz CT molecular complexity index is 984. The molecule has 6 heteroatoms. The molecule has 1 aliphatic heterocycles. The number of hydrogen-bond donors (Lipinski definition) is 1. The molecule has 1 saturated heterocycles. The number of amides is 1. The molecule has 3 aromatic rings. The van der Waals surface area contributed by atoms with Gasteiger partial charge in [0.15, 0.2) is 5.78 Å². The fourth-order valence-corrected chi connectivity index (χ4v) is 3.54. The van der Waals surface area contributed by atoms with Gasteiger partial charge >= 0.3 is 6.09 Å². The number of carbonyl (C=O) groups is 2. The third-order valence-electron chi connectivity index (χ3n) is 4.90. The van der Waals surface area contributed by atoms with Crippen molar-refractivity contribution >= 4 is 22.8 Å². The molecule has 5 nitrogen and oxygen atoms in total. The SMILES string of the molecule is CC.O=C(c1c[nH]c2cc(F)ccc12)C1CCCN1C(=O)OCc1ccccc1. The molecule has 152 valence electrons. The normalized spacial score (nSPS) is 15.7. The van der Waals surface area contributed by atoms with Gasteiger partial charge in [-0.05, 0) is 36.6 Å². The molecule has 1 N–H and O–H groups in total. The zero-order chi connectivity index (χ0) is 20.8. The number of aromatic amines is 1. The van der Waals surface area contributed by atoms with Crippen LogP contribution in [0.4, 0.5) is 9.18 Å². The number of halogens is 1. The van der Waals surface area contributed by atoms with Crippen LogP contribution in [-0.2, 0) is 11.3 Å². The van der Waals surface area contributed by atoms with E-state index in [-0.39, 0.29) is 18.2 Å². The standard InChI is InChI=1S/C21H19FN2O3.C2H6/c22-15-8-9-16-17(12-23-18(16)11-15)20(25)19-7-4-10-24(19)21(26)27-13-14-5-2-1-3-6-14;1-2/h1-3,5-6,8-9,11-12,19,23H,4,7,10,13H2;1-2H3. The quantitative estimate of drug-likeness (QED) is 0.607. The maximum absolute atomic E-state index is 13.4. The van der Waals surface area contributed by atoms with Gasteiger partial charge in [-0.2, -0.15) is 0 Å². The monoisotopic (exact) mass is 396 g/mol. The van der Waals surface area contributed by atoms with Gasteiger partial charge in [0.2, 0.25) is 0 Å². The van der Waals surface area contributed by atoms with E-state index in [0.29, 0.717) is 29.4 Å². The molecular formula is C23H25FN2O3. The van der Waals surface area contributed by atoms with E-state index in [4.69, 9.17) is 4.74 Å². The Morgan fingerprint density at radius 3 is 2.69 bits per heavy atom. The summed E-state index contributed by atoms with van der Waals surface area (Å²) in [4.78, 5) is 30.0. The molecule has 0 saturated carbocycles. The number of H-pyrrole nitrogens is 1. The number of nitrogens with one attached hydrogen (secondary N) is 1. The number of fused-ring (bicyclic) bond motifs is 1. The second-order valence-corrected chi connectivity index (χ2v) is 6.65. The number of aromatic nitrogens is 1. The highest BCUT2D eigenvalue weighted by Crippen LogP contribution is 2.26. The van der Waals surface area contributed by atoms with Crippen LogP contribution in [0.2, 0.25) is 0 Å². The summed E-state index contributed by atoms with van der Waals surface area (Å²) in [6.07, 6.45) is 2.43. The molecule has 0 radical (unpaired) electrons. The minimum absolute atomic E-state index is 0.151. The third kappa shape index (κ3) is 4.47. The number of Topliss-reactive ketones (excluding diaryl/α,β-unsaturated/α-hetero) is 1. The van der Waals surface area contributed by atoms with Crippen molar-refractivity contribution in [1.29, 1.82) is 0 Å². The summed E-state index contributed by atoms with van der Waals surface area (Å²) in [5.41, 5.74) is 1.93. The van der Waals surface area contributed by atoms with Crippen LogP contribution in [0.5, 0.6) is 0 Å². The summed E-state index contributed by atoms with van der Waals surface area (Å²) in [6.45, 7) is 4.66. The maximum atomic E-state index is 13.4. The molecule has 4 rings (SSSR count). The second kappa shape index (κ2) is 9.37. The molecule has 2 heterocycles. The van der Waals surface area contributed by atoms with E-state index >= 15 is 0 Å². The fraction of sp³-hybridized carbons (Fsp3) is 0.304. The van der Waals surface area contributed by atoms with Crippen molar-refractivity contribution in [2.75, 3.05) is 6.54 Å². The van der Waals surface area contributed by atoms with Crippen molar-refractivity contribution in [3.05, 3.63) is 71.7 Å². The minimum atomic E-state index is -0.558. The highest BCUT2D eigenvalue weighted by Gasteiger charge is 2.36. The summed E-state index contributed by atoms with van der Waals surface area (Å²) < 4.78 is 18.8. The van der Waals surface area contributed by atoms with E-state index in [1.54, 1.807) is 12.3 Å². The van der Waals surface area contributed by atoms with Gasteiger partial charge in [0.05, 0.1) is 6.04 Å². The topological polar surface area (TPSA) is 62.4 Å². The molecule has 0 bridgehead atoms. The van der Waals surface area contributed by atoms with Crippen molar-refractivity contribution in [3.8, 4) is 0 Å². The van der Waals surface area contributed by atoms with Gasteiger partial charge < -0.3 is 9.72 Å². The molecule has 1 fully saturated rings. The molecule has 0 spiro atoms. The van der Waals surface area contributed by atoms with Crippen molar-refractivity contribution in [1.82, 2.24) is 9.88 Å². The number of hydrogen-bond acceptors (Lipinski definition) is 3. The molecule has 1 atom stereocenters. The van der Waals surface area contributed by atoms with Crippen LogP contribution in [0.25, 0.3) is 10.9 Å². The smallest absolute Gasteiger partial charge is 0.410 e. The van der Waals surface area contributed by atoms with Crippen molar-refractivity contribution in [3.63, 3.8) is 0 Å². The summed E-state index contributed by atoms with van der Waals surface area (Å²) >= 11 is 0. The number of benzene rings is 2. The molecule has 29 heavy (non-hydrogen) atoms. The predicted octanol–water partition coefficient (Wildman–Crippen LogP) is 5.32. The largest absolute Gasteiger partial charge is 0.445 e. The lowest BCUT2D eigenvalue weighted by molar-refractivity contribution is 0.0739. The van der Waals surface area contributed by atoms with Gasteiger partial charge in [0.1, 0.15) is 12.4 Å². The van der Waals surface area contributed by atoms with Gasteiger partial charge in [0, 0.05) is 29.2 Å². The first-order valence-corrected chi connectivity index (χ1v) is 9.91. The third-order valence-corrected chi connectivity index (χ3v) is 4.90. The van der Waals surface area contributed by atoms with Crippen LogP contribution in [0, 0.1) is 5.82 Å². The predicted molar refractivity (Wildman–Crippen MR) is 110 cm³/mol. The van der Waals surface area contributed by atoms with Crippen molar-refractivity contribution in [2.45, 2.75) is 39.3 Å². The number of likely N-dealkylation sites (tertiary alicyclic amines) is 1. The Balaban J connectivity index is 0.00000117.